The van der Waals surface area contributed by atoms with Crippen LogP contribution in [0.4, 0.5) is 0 Å². The first-order valence-electron chi connectivity index (χ1n) is 4.55. The van der Waals surface area contributed by atoms with Crippen molar-refractivity contribution < 1.29 is 0 Å². The Morgan fingerprint density at radius 1 is 1.38 bits per heavy atom. The largest absolute Gasteiger partial charge is 0.320 e. The highest BCUT2D eigenvalue weighted by Gasteiger charge is 1.97. The second kappa shape index (κ2) is 5.66. The van der Waals surface area contributed by atoms with E-state index in [-0.39, 0.29) is 0 Å². The summed E-state index contributed by atoms with van der Waals surface area (Å²) in [4.78, 5) is 0. The summed E-state index contributed by atoms with van der Waals surface area (Å²) in [5, 5.41) is 14.2. The molecule has 5 nitrogen and oxygen atoms in total. The summed E-state index contributed by atoms with van der Waals surface area (Å²) >= 11 is 0. The van der Waals surface area contributed by atoms with Gasteiger partial charge in [0.05, 0.1) is 5.69 Å². The van der Waals surface area contributed by atoms with Crippen LogP contribution in [0.3, 0.4) is 0 Å². The molecule has 1 heterocycles. The molecule has 0 aromatic carbocycles. The van der Waals surface area contributed by atoms with Crippen LogP contribution < -0.4 is 10.6 Å². The van der Waals surface area contributed by atoms with E-state index >= 15 is 0 Å². The Hall–Kier alpha value is -0.940. The Morgan fingerprint density at radius 3 is 2.92 bits per heavy atom. The van der Waals surface area contributed by atoms with Crippen LogP contribution in [-0.4, -0.2) is 35.6 Å². The van der Waals surface area contributed by atoms with E-state index in [9.17, 15) is 0 Å². The van der Waals surface area contributed by atoms with Crippen molar-refractivity contribution >= 4 is 0 Å². The topological polar surface area (TPSA) is 54.8 Å². The van der Waals surface area contributed by atoms with Crippen LogP contribution in [0.15, 0.2) is 6.20 Å². The summed E-state index contributed by atoms with van der Waals surface area (Å²) in [6.45, 7) is 2.73. The van der Waals surface area contributed by atoms with Gasteiger partial charge in [0.25, 0.3) is 0 Å². The third-order valence-corrected chi connectivity index (χ3v) is 1.76. The first kappa shape index (κ1) is 10.1. The monoisotopic (exact) mass is 183 g/mol. The van der Waals surface area contributed by atoms with Gasteiger partial charge in [-0.05, 0) is 27.1 Å². The second-order valence-electron chi connectivity index (χ2n) is 2.96. The molecule has 0 aliphatic carbocycles. The molecule has 0 unspecified atom stereocenters. The Labute approximate surface area is 78.5 Å². The minimum atomic E-state index is 0.784. The minimum absolute atomic E-state index is 0.784. The van der Waals surface area contributed by atoms with Crippen molar-refractivity contribution in [3.8, 4) is 0 Å². The first-order valence-corrected chi connectivity index (χ1v) is 4.55. The van der Waals surface area contributed by atoms with Crippen molar-refractivity contribution in [1.82, 2.24) is 25.6 Å². The van der Waals surface area contributed by atoms with Crippen LogP contribution in [-0.2, 0) is 13.1 Å². The molecule has 0 aliphatic heterocycles. The van der Waals surface area contributed by atoms with Gasteiger partial charge in [-0.25, -0.2) is 0 Å². The number of nitrogens with zero attached hydrogens (tertiary/aromatic N) is 3. The van der Waals surface area contributed by atoms with Gasteiger partial charge in [-0.3, -0.25) is 4.68 Å². The number of aryl methyl sites for hydroxylation is 1. The molecule has 0 bridgehead atoms. The van der Waals surface area contributed by atoms with Crippen LogP contribution in [0.1, 0.15) is 12.1 Å². The standard InChI is InChI=1S/C8H17N5/c1-9-4-3-5-13-7-8(6-10-2)11-12-13/h7,9-10H,3-6H2,1-2H3. The zero-order valence-electron chi connectivity index (χ0n) is 8.25. The van der Waals surface area contributed by atoms with Crippen molar-refractivity contribution in [2.75, 3.05) is 20.6 Å². The lowest BCUT2D eigenvalue weighted by Gasteiger charge is -1.98. The Bertz CT molecular complexity index is 232. The van der Waals surface area contributed by atoms with Gasteiger partial charge in [0.2, 0.25) is 0 Å². The van der Waals surface area contributed by atoms with E-state index in [0.717, 1.165) is 31.7 Å². The van der Waals surface area contributed by atoms with Gasteiger partial charge in [-0.1, -0.05) is 5.21 Å². The molecule has 5 heteroatoms. The van der Waals surface area contributed by atoms with Crippen LogP contribution in [0.5, 0.6) is 0 Å². The molecule has 0 atom stereocenters. The molecular weight excluding hydrogens is 166 g/mol. The summed E-state index contributed by atoms with van der Waals surface area (Å²) in [5.41, 5.74) is 0.993. The van der Waals surface area contributed by atoms with E-state index in [1.165, 1.54) is 0 Å². The van der Waals surface area contributed by atoms with Crippen molar-refractivity contribution in [1.29, 1.82) is 0 Å². The molecule has 1 rings (SSSR count). The molecule has 0 radical (unpaired) electrons. The SMILES string of the molecule is CNCCCn1cc(CNC)nn1. The van der Waals surface area contributed by atoms with E-state index < -0.39 is 0 Å². The van der Waals surface area contributed by atoms with Crippen molar-refractivity contribution in [3.63, 3.8) is 0 Å². The number of hydrogen-bond donors (Lipinski definition) is 2. The highest BCUT2D eigenvalue weighted by atomic mass is 15.4. The predicted octanol–water partition coefficient (Wildman–Crippen LogP) is -0.393. The van der Waals surface area contributed by atoms with E-state index in [1.54, 1.807) is 0 Å². The lowest BCUT2D eigenvalue weighted by atomic mass is 10.4. The lowest BCUT2D eigenvalue weighted by molar-refractivity contribution is 0.545. The van der Waals surface area contributed by atoms with Gasteiger partial charge in [0, 0.05) is 19.3 Å². The van der Waals surface area contributed by atoms with Gasteiger partial charge in [-0.15, -0.1) is 5.10 Å². The average Bonchev–Trinajstić information content (AvgIpc) is 2.54. The predicted molar refractivity (Wildman–Crippen MR) is 51.3 cm³/mol. The van der Waals surface area contributed by atoms with Gasteiger partial charge < -0.3 is 10.6 Å². The number of rotatable bonds is 6. The van der Waals surface area contributed by atoms with E-state index in [1.807, 2.05) is 25.0 Å². The molecular formula is C8H17N5. The fourth-order valence-corrected chi connectivity index (χ4v) is 1.13. The second-order valence-corrected chi connectivity index (χ2v) is 2.96. The quantitative estimate of drug-likeness (QED) is 0.590. The van der Waals surface area contributed by atoms with Crippen LogP contribution in [0, 0.1) is 0 Å². The molecule has 1 aromatic heterocycles. The zero-order chi connectivity index (χ0) is 9.52. The number of aromatic nitrogens is 3. The molecule has 2 N–H and O–H groups in total. The van der Waals surface area contributed by atoms with Crippen LogP contribution in [0.2, 0.25) is 0 Å². The number of nitrogens with one attached hydrogen (secondary N) is 2. The Balaban J connectivity index is 2.31. The van der Waals surface area contributed by atoms with Crippen molar-refractivity contribution in [3.05, 3.63) is 11.9 Å². The average molecular weight is 183 g/mol. The van der Waals surface area contributed by atoms with Gasteiger partial charge >= 0.3 is 0 Å². The van der Waals surface area contributed by atoms with Crippen LogP contribution >= 0.6 is 0 Å². The van der Waals surface area contributed by atoms with E-state index in [2.05, 4.69) is 20.9 Å². The molecule has 0 fully saturated rings. The molecule has 0 spiro atoms. The van der Waals surface area contributed by atoms with E-state index in [4.69, 9.17) is 0 Å². The third-order valence-electron chi connectivity index (χ3n) is 1.76. The van der Waals surface area contributed by atoms with Gasteiger partial charge in [0.15, 0.2) is 0 Å². The molecule has 0 saturated carbocycles. The highest BCUT2D eigenvalue weighted by Crippen LogP contribution is 1.93. The minimum Gasteiger partial charge on any atom is -0.320 e. The normalized spacial score (nSPS) is 10.6. The van der Waals surface area contributed by atoms with Gasteiger partial charge in [0.1, 0.15) is 0 Å². The maximum Gasteiger partial charge on any atom is 0.0964 e. The summed E-state index contributed by atoms with van der Waals surface area (Å²) in [7, 11) is 3.85. The van der Waals surface area contributed by atoms with Crippen molar-refractivity contribution in [2.45, 2.75) is 19.5 Å². The van der Waals surface area contributed by atoms with E-state index in [0.29, 0.717) is 0 Å². The van der Waals surface area contributed by atoms with Crippen molar-refractivity contribution in [2.24, 2.45) is 0 Å². The van der Waals surface area contributed by atoms with Crippen LogP contribution in [0.25, 0.3) is 0 Å². The Morgan fingerprint density at radius 2 is 2.23 bits per heavy atom. The maximum absolute atomic E-state index is 4.01. The zero-order valence-corrected chi connectivity index (χ0v) is 8.25. The Kier molecular flexibility index (Phi) is 4.42. The maximum atomic E-state index is 4.01. The first-order chi connectivity index (χ1) is 6.36. The summed E-state index contributed by atoms with van der Waals surface area (Å²) in [5.74, 6) is 0. The molecule has 13 heavy (non-hydrogen) atoms. The fraction of sp³-hybridized carbons (Fsp3) is 0.750. The third kappa shape index (κ3) is 3.52. The lowest BCUT2D eigenvalue weighted by Crippen LogP contribution is -2.11. The molecule has 0 aliphatic rings. The number of hydrogen-bond acceptors (Lipinski definition) is 4. The highest BCUT2D eigenvalue weighted by molar-refractivity contribution is 4.90. The summed E-state index contributed by atoms with van der Waals surface area (Å²) < 4.78 is 1.88. The summed E-state index contributed by atoms with van der Waals surface area (Å²) in [6, 6.07) is 0. The fourth-order valence-electron chi connectivity index (χ4n) is 1.13. The van der Waals surface area contributed by atoms with Gasteiger partial charge in [-0.2, -0.15) is 0 Å². The molecule has 0 amide bonds. The molecule has 1 aromatic rings. The molecule has 74 valence electrons. The summed E-state index contributed by atoms with van der Waals surface area (Å²) in [6.07, 6.45) is 3.06. The molecule has 0 saturated heterocycles. The smallest absolute Gasteiger partial charge is 0.0964 e.